The van der Waals surface area contributed by atoms with E-state index >= 15 is 0 Å². The highest BCUT2D eigenvalue weighted by atomic mass is 32.1. The summed E-state index contributed by atoms with van der Waals surface area (Å²) in [5, 5.41) is 3.36. The van der Waals surface area contributed by atoms with E-state index in [0.29, 0.717) is 0 Å². The van der Waals surface area contributed by atoms with E-state index in [0.717, 1.165) is 25.0 Å². The van der Waals surface area contributed by atoms with Crippen molar-refractivity contribution in [2.75, 3.05) is 0 Å². The lowest BCUT2D eigenvalue weighted by Crippen LogP contribution is -2.13. The molecule has 0 bridgehead atoms. The second-order valence-corrected chi connectivity index (χ2v) is 5.15. The van der Waals surface area contributed by atoms with Crippen molar-refractivity contribution >= 4 is 11.3 Å². The Bertz CT molecular complexity index is 450. The number of nitrogens with two attached hydrogens (primary N) is 1. The Morgan fingerprint density at radius 1 is 1.29 bits per heavy atom. The van der Waals surface area contributed by atoms with Gasteiger partial charge in [-0.05, 0) is 18.4 Å². The van der Waals surface area contributed by atoms with Crippen molar-refractivity contribution in [3.05, 3.63) is 52.0 Å². The molecule has 0 fully saturated rings. The number of nitrogens with zero attached hydrogens (tertiary/aromatic N) is 1. The van der Waals surface area contributed by atoms with Crippen molar-refractivity contribution in [3.8, 4) is 0 Å². The summed E-state index contributed by atoms with van der Waals surface area (Å²) in [6.07, 6.45) is 3.05. The van der Waals surface area contributed by atoms with Gasteiger partial charge in [0.1, 0.15) is 0 Å². The molecule has 2 nitrogen and oxygen atoms in total. The van der Waals surface area contributed by atoms with E-state index in [2.05, 4.69) is 29.4 Å². The molecule has 3 heteroatoms. The van der Waals surface area contributed by atoms with Gasteiger partial charge < -0.3 is 5.73 Å². The number of aryl methyl sites for hydroxylation is 1. The zero-order valence-corrected chi connectivity index (χ0v) is 10.9. The van der Waals surface area contributed by atoms with E-state index in [1.165, 1.54) is 10.6 Å². The maximum Gasteiger partial charge on any atom is 0.0928 e. The molecule has 17 heavy (non-hydrogen) atoms. The van der Waals surface area contributed by atoms with E-state index in [1.807, 2.05) is 18.2 Å². The second-order valence-electron chi connectivity index (χ2n) is 4.20. The van der Waals surface area contributed by atoms with Gasteiger partial charge in [-0.15, -0.1) is 11.3 Å². The summed E-state index contributed by atoms with van der Waals surface area (Å²) in [6.45, 7) is 2.18. The fourth-order valence-electron chi connectivity index (χ4n) is 1.81. The van der Waals surface area contributed by atoms with Crippen LogP contribution in [0.1, 0.15) is 35.7 Å². The minimum Gasteiger partial charge on any atom is -0.324 e. The van der Waals surface area contributed by atoms with Crippen LogP contribution in [0.5, 0.6) is 0 Å². The lowest BCUT2D eigenvalue weighted by Gasteiger charge is -2.09. The summed E-state index contributed by atoms with van der Waals surface area (Å²) in [5.41, 5.74) is 8.47. The van der Waals surface area contributed by atoms with Crippen LogP contribution in [0.4, 0.5) is 0 Å². The average molecular weight is 246 g/mol. The van der Waals surface area contributed by atoms with Gasteiger partial charge in [0.15, 0.2) is 0 Å². The van der Waals surface area contributed by atoms with Crippen LogP contribution in [0.2, 0.25) is 0 Å². The molecule has 1 aromatic heterocycles. The van der Waals surface area contributed by atoms with Gasteiger partial charge in [-0.25, -0.2) is 4.98 Å². The Labute approximate surface area is 107 Å². The standard InChI is InChI=1S/C14H18N2S/c1-2-6-14-16-12(10-17-14)9-13(15)11-7-4-3-5-8-11/h3-5,7-8,10,13H,2,6,9,15H2,1H3. The third-order valence-corrected chi connectivity index (χ3v) is 3.68. The number of thiazole rings is 1. The van der Waals surface area contributed by atoms with Crippen LogP contribution in [0, 0.1) is 0 Å². The minimum absolute atomic E-state index is 0.0489. The predicted octanol–water partition coefficient (Wildman–Crippen LogP) is 3.34. The van der Waals surface area contributed by atoms with Crippen molar-refractivity contribution in [3.63, 3.8) is 0 Å². The summed E-state index contributed by atoms with van der Waals surface area (Å²) >= 11 is 1.74. The Hall–Kier alpha value is -1.19. The Morgan fingerprint density at radius 2 is 2.06 bits per heavy atom. The third-order valence-electron chi connectivity index (χ3n) is 2.72. The van der Waals surface area contributed by atoms with Crippen LogP contribution in [0.25, 0.3) is 0 Å². The molecule has 2 rings (SSSR count). The van der Waals surface area contributed by atoms with Gasteiger partial charge in [0.05, 0.1) is 10.7 Å². The monoisotopic (exact) mass is 246 g/mol. The SMILES string of the molecule is CCCc1nc(CC(N)c2ccccc2)cs1. The maximum atomic E-state index is 6.17. The van der Waals surface area contributed by atoms with Crippen LogP contribution >= 0.6 is 11.3 Å². The lowest BCUT2D eigenvalue weighted by molar-refractivity contribution is 0.706. The molecule has 1 unspecified atom stereocenters. The van der Waals surface area contributed by atoms with Crippen molar-refractivity contribution in [2.24, 2.45) is 5.73 Å². The maximum absolute atomic E-state index is 6.17. The highest BCUT2D eigenvalue weighted by molar-refractivity contribution is 7.09. The summed E-state index contributed by atoms with van der Waals surface area (Å²) in [7, 11) is 0. The Morgan fingerprint density at radius 3 is 2.76 bits per heavy atom. The largest absolute Gasteiger partial charge is 0.324 e. The molecule has 0 amide bonds. The Kier molecular flexibility index (Phi) is 4.29. The van der Waals surface area contributed by atoms with Gasteiger partial charge in [0, 0.05) is 17.8 Å². The molecular weight excluding hydrogens is 228 g/mol. The minimum atomic E-state index is 0.0489. The fraction of sp³-hybridized carbons (Fsp3) is 0.357. The van der Waals surface area contributed by atoms with Gasteiger partial charge in [0.2, 0.25) is 0 Å². The molecule has 0 aliphatic rings. The molecule has 0 radical (unpaired) electrons. The zero-order chi connectivity index (χ0) is 12.1. The summed E-state index contributed by atoms with van der Waals surface area (Å²) in [5.74, 6) is 0. The quantitative estimate of drug-likeness (QED) is 0.878. The van der Waals surface area contributed by atoms with Gasteiger partial charge >= 0.3 is 0 Å². The van der Waals surface area contributed by atoms with Crippen molar-refractivity contribution in [1.29, 1.82) is 0 Å². The topological polar surface area (TPSA) is 38.9 Å². The molecule has 2 aromatic rings. The molecule has 0 saturated heterocycles. The molecule has 1 heterocycles. The fourth-order valence-corrected chi connectivity index (χ4v) is 2.73. The molecule has 0 aliphatic carbocycles. The van der Waals surface area contributed by atoms with Gasteiger partial charge in [0.25, 0.3) is 0 Å². The molecule has 1 aromatic carbocycles. The van der Waals surface area contributed by atoms with E-state index < -0.39 is 0 Å². The lowest BCUT2D eigenvalue weighted by atomic mass is 10.0. The van der Waals surface area contributed by atoms with E-state index in [4.69, 9.17) is 5.73 Å². The van der Waals surface area contributed by atoms with Crippen molar-refractivity contribution in [2.45, 2.75) is 32.2 Å². The first-order valence-electron chi connectivity index (χ1n) is 6.03. The molecule has 2 N–H and O–H groups in total. The molecule has 90 valence electrons. The van der Waals surface area contributed by atoms with Crippen LogP contribution in [0.15, 0.2) is 35.7 Å². The normalized spacial score (nSPS) is 12.6. The zero-order valence-electron chi connectivity index (χ0n) is 10.1. The Balaban J connectivity index is 2.00. The van der Waals surface area contributed by atoms with E-state index in [-0.39, 0.29) is 6.04 Å². The number of rotatable bonds is 5. The van der Waals surface area contributed by atoms with Crippen LogP contribution < -0.4 is 5.73 Å². The third kappa shape index (κ3) is 3.38. The molecular formula is C14H18N2S. The summed E-state index contributed by atoms with van der Waals surface area (Å²) in [4.78, 5) is 4.60. The molecule has 1 atom stereocenters. The molecule has 0 saturated carbocycles. The number of benzene rings is 1. The van der Waals surface area contributed by atoms with Crippen LogP contribution in [-0.2, 0) is 12.8 Å². The first-order chi connectivity index (χ1) is 8.29. The highest BCUT2D eigenvalue weighted by Gasteiger charge is 2.09. The predicted molar refractivity (Wildman–Crippen MR) is 73.2 cm³/mol. The molecule has 0 spiro atoms. The summed E-state index contributed by atoms with van der Waals surface area (Å²) < 4.78 is 0. The summed E-state index contributed by atoms with van der Waals surface area (Å²) in [6, 6.07) is 10.3. The number of hydrogen-bond donors (Lipinski definition) is 1. The van der Waals surface area contributed by atoms with Crippen LogP contribution in [0.3, 0.4) is 0 Å². The first kappa shape index (κ1) is 12.3. The molecule has 0 aliphatic heterocycles. The first-order valence-corrected chi connectivity index (χ1v) is 6.91. The van der Waals surface area contributed by atoms with E-state index in [1.54, 1.807) is 11.3 Å². The van der Waals surface area contributed by atoms with Gasteiger partial charge in [-0.1, -0.05) is 37.3 Å². The van der Waals surface area contributed by atoms with Gasteiger partial charge in [-0.3, -0.25) is 0 Å². The highest BCUT2D eigenvalue weighted by Crippen LogP contribution is 2.18. The smallest absolute Gasteiger partial charge is 0.0928 e. The average Bonchev–Trinajstić information content (AvgIpc) is 2.78. The number of hydrogen-bond acceptors (Lipinski definition) is 3. The van der Waals surface area contributed by atoms with Crippen molar-refractivity contribution < 1.29 is 0 Å². The number of aromatic nitrogens is 1. The van der Waals surface area contributed by atoms with Crippen LogP contribution in [-0.4, -0.2) is 4.98 Å². The van der Waals surface area contributed by atoms with Gasteiger partial charge in [-0.2, -0.15) is 0 Å². The second kappa shape index (κ2) is 5.94. The van der Waals surface area contributed by atoms with E-state index in [9.17, 15) is 0 Å². The van der Waals surface area contributed by atoms with Crippen molar-refractivity contribution in [1.82, 2.24) is 4.98 Å².